The predicted molar refractivity (Wildman–Crippen MR) is 80.4 cm³/mol. The van der Waals surface area contributed by atoms with E-state index in [0.717, 1.165) is 23.4 Å². The minimum atomic E-state index is 0.831. The monoisotopic (exact) mass is 278 g/mol. The van der Waals surface area contributed by atoms with Gasteiger partial charge in [-0.15, -0.1) is 0 Å². The van der Waals surface area contributed by atoms with Crippen LogP contribution < -0.4 is 5.32 Å². The van der Waals surface area contributed by atoms with Crippen LogP contribution in [0.4, 0.5) is 0 Å². The number of rotatable bonds is 3. The lowest BCUT2D eigenvalue weighted by atomic mass is 9.84. The molecule has 2 aliphatic rings. The third kappa shape index (κ3) is 3.50. The van der Waals surface area contributed by atoms with Crippen molar-refractivity contribution in [1.29, 1.82) is 0 Å². The molecule has 1 aromatic carbocycles. The molecule has 2 fully saturated rings. The Morgan fingerprint density at radius 1 is 1.05 bits per heavy atom. The Morgan fingerprint density at radius 3 is 2.53 bits per heavy atom. The maximum absolute atomic E-state index is 5.93. The van der Waals surface area contributed by atoms with Crippen LogP contribution in [0.25, 0.3) is 0 Å². The molecule has 0 radical (unpaired) electrons. The fourth-order valence-corrected chi connectivity index (χ4v) is 3.68. The smallest absolute Gasteiger partial charge is 0.0406 e. The van der Waals surface area contributed by atoms with Gasteiger partial charge in [-0.25, -0.2) is 0 Å². The maximum atomic E-state index is 5.93. The van der Waals surface area contributed by atoms with Crippen LogP contribution >= 0.6 is 11.6 Å². The number of hydrogen-bond donors (Lipinski definition) is 1. The average molecular weight is 279 g/mol. The van der Waals surface area contributed by atoms with E-state index in [-0.39, 0.29) is 0 Å². The first-order valence-corrected chi connectivity index (χ1v) is 7.86. The van der Waals surface area contributed by atoms with Crippen LogP contribution in [0.1, 0.15) is 24.8 Å². The van der Waals surface area contributed by atoms with E-state index in [9.17, 15) is 0 Å². The third-order valence-corrected chi connectivity index (χ3v) is 4.93. The third-order valence-electron chi connectivity index (χ3n) is 4.68. The molecule has 104 valence electrons. The highest BCUT2D eigenvalue weighted by Gasteiger charge is 2.29. The van der Waals surface area contributed by atoms with E-state index in [1.165, 1.54) is 51.0 Å². The van der Waals surface area contributed by atoms with Gasteiger partial charge in [0.2, 0.25) is 0 Å². The summed E-state index contributed by atoms with van der Waals surface area (Å²) in [4.78, 5) is 2.61. The van der Waals surface area contributed by atoms with E-state index in [4.69, 9.17) is 11.6 Å². The molecule has 1 atom stereocenters. The van der Waals surface area contributed by atoms with Crippen molar-refractivity contribution in [2.75, 3.05) is 26.2 Å². The van der Waals surface area contributed by atoms with Gasteiger partial charge in [-0.05, 0) is 68.4 Å². The predicted octanol–water partition coefficient (Wildman–Crippen LogP) is 3.16. The van der Waals surface area contributed by atoms with Gasteiger partial charge in [0.05, 0.1) is 0 Å². The molecule has 2 heterocycles. The van der Waals surface area contributed by atoms with Gasteiger partial charge in [0.15, 0.2) is 0 Å². The van der Waals surface area contributed by atoms with Gasteiger partial charge in [0.25, 0.3) is 0 Å². The summed E-state index contributed by atoms with van der Waals surface area (Å²) in [5.74, 6) is 1.88. The maximum Gasteiger partial charge on any atom is 0.0406 e. The minimum absolute atomic E-state index is 0.831. The van der Waals surface area contributed by atoms with E-state index in [0.29, 0.717) is 0 Å². The SMILES string of the molecule is Clc1ccc(CN2CC[C@H](C3CCNCC3)C2)cc1. The molecule has 0 amide bonds. The van der Waals surface area contributed by atoms with E-state index in [1.54, 1.807) is 0 Å². The molecule has 3 heteroatoms. The number of nitrogens with zero attached hydrogens (tertiary/aromatic N) is 1. The second-order valence-electron chi connectivity index (χ2n) is 6.00. The molecule has 0 aromatic heterocycles. The molecule has 0 spiro atoms. The lowest BCUT2D eigenvalue weighted by Gasteiger charge is -2.28. The average Bonchev–Trinajstić information content (AvgIpc) is 2.91. The summed E-state index contributed by atoms with van der Waals surface area (Å²) in [7, 11) is 0. The van der Waals surface area contributed by atoms with Crippen LogP contribution in [0.2, 0.25) is 5.02 Å². The number of halogens is 1. The van der Waals surface area contributed by atoms with Crippen LogP contribution in [0, 0.1) is 11.8 Å². The Labute approximate surface area is 121 Å². The fraction of sp³-hybridized carbons (Fsp3) is 0.625. The standard InChI is InChI=1S/C16H23ClN2/c17-16-3-1-13(2-4-16)11-19-10-7-15(12-19)14-5-8-18-9-6-14/h1-4,14-15,18H,5-12H2/t15-/m0/s1. The number of benzene rings is 1. The molecule has 19 heavy (non-hydrogen) atoms. The molecule has 2 saturated heterocycles. The Kier molecular flexibility index (Phi) is 4.42. The largest absolute Gasteiger partial charge is 0.317 e. The van der Waals surface area contributed by atoms with E-state index in [2.05, 4.69) is 22.3 Å². The molecular formula is C16H23ClN2. The number of hydrogen-bond acceptors (Lipinski definition) is 2. The van der Waals surface area contributed by atoms with Crippen molar-refractivity contribution in [2.45, 2.75) is 25.8 Å². The zero-order chi connectivity index (χ0) is 13.1. The fourth-order valence-electron chi connectivity index (χ4n) is 3.55. The van der Waals surface area contributed by atoms with Crippen LogP contribution in [-0.4, -0.2) is 31.1 Å². The highest BCUT2D eigenvalue weighted by Crippen LogP contribution is 2.30. The van der Waals surface area contributed by atoms with Crippen LogP contribution in [0.15, 0.2) is 24.3 Å². The molecule has 0 unspecified atom stereocenters. The summed E-state index contributed by atoms with van der Waals surface area (Å²) in [6.07, 6.45) is 4.14. The summed E-state index contributed by atoms with van der Waals surface area (Å²) in [6.45, 7) is 6.07. The highest BCUT2D eigenvalue weighted by molar-refractivity contribution is 6.30. The molecule has 1 aromatic rings. The van der Waals surface area contributed by atoms with E-state index in [1.807, 2.05) is 12.1 Å². The normalized spacial score (nSPS) is 25.8. The van der Waals surface area contributed by atoms with Crippen LogP contribution in [0.5, 0.6) is 0 Å². The van der Waals surface area contributed by atoms with Crippen molar-refractivity contribution < 1.29 is 0 Å². The number of likely N-dealkylation sites (tertiary alicyclic amines) is 1. The summed E-state index contributed by atoms with van der Waals surface area (Å²) in [5.41, 5.74) is 1.38. The molecule has 0 bridgehead atoms. The van der Waals surface area contributed by atoms with Gasteiger partial charge in [0, 0.05) is 18.1 Å². The summed E-state index contributed by atoms with van der Waals surface area (Å²) in [6, 6.07) is 8.30. The quantitative estimate of drug-likeness (QED) is 0.914. The van der Waals surface area contributed by atoms with Gasteiger partial charge in [-0.2, -0.15) is 0 Å². The first-order chi connectivity index (χ1) is 9.31. The van der Waals surface area contributed by atoms with Gasteiger partial charge in [-0.3, -0.25) is 4.90 Å². The van der Waals surface area contributed by atoms with E-state index >= 15 is 0 Å². The molecule has 2 aliphatic heterocycles. The van der Waals surface area contributed by atoms with E-state index < -0.39 is 0 Å². The van der Waals surface area contributed by atoms with Gasteiger partial charge in [-0.1, -0.05) is 23.7 Å². The second kappa shape index (κ2) is 6.25. The molecule has 0 saturated carbocycles. The van der Waals surface area contributed by atoms with Crippen LogP contribution in [-0.2, 0) is 6.54 Å². The summed E-state index contributed by atoms with van der Waals surface area (Å²) >= 11 is 5.93. The summed E-state index contributed by atoms with van der Waals surface area (Å²) in [5, 5.41) is 4.30. The Hall–Kier alpha value is -0.570. The van der Waals surface area contributed by atoms with Gasteiger partial charge >= 0.3 is 0 Å². The molecule has 0 aliphatic carbocycles. The Balaban J connectivity index is 1.52. The molecule has 2 nitrogen and oxygen atoms in total. The minimum Gasteiger partial charge on any atom is -0.317 e. The van der Waals surface area contributed by atoms with Crippen molar-refractivity contribution >= 4 is 11.6 Å². The zero-order valence-corrected chi connectivity index (χ0v) is 12.2. The van der Waals surface area contributed by atoms with Crippen LogP contribution in [0.3, 0.4) is 0 Å². The summed E-state index contributed by atoms with van der Waals surface area (Å²) < 4.78 is 0. The van der Waals surface area contributed by atoms with Crippen molar-refractivity contribution in [3.63, 3.8) is 0 Å². The van der Waals surface area contributed by atoms with Crippen molar-refractivity contribution in [1.82, 2.24) is 10.2 Å². The van der Waals surface area contributed by atoms with Gasteiger partial charge in [0.1, 0.15) is 0 Å². The Bertz CT molecular complexity index is 398. The highest BCUT2D eigenvalue weighted by atomic mass is 35.5. The Morgan fingerprint density at radius 2 is 1.79 bits per heavy atom. The first kappa shape index (κ1) is 13.4. The second-order valence-corrected chi connectivity index (χ2v) is 6.43. The lowest BCUT2D eigenvalue weighted by molar-refractivity contribution is 0.242. The zero-order valence-electron chi connectivity index (χ0n) is 11.4. The number of piperidine rings is 1. The van der Waals surface area contributed by atoms with Gasteiger partial charge < -0.3 is 5.32 Å². The molecule has 3 rings (SSSR count). The lowest BCUT2D eigenvalue weighted by Crippen LogP contribution is -2.32. The topological polar surface area (TPSA) is 15.3 Å². The van der Waals surface area contributed by atoms with Crippen molar-refractivity contribution in [2.24, 2.45) is 11.8 Å². The molecular weight excluding hydrogens is 256 g/mol. The first-order valence-electron chi connectivity index (χ1n) is 7.49. The molecule has 1 N–H and O–H groups in total. The van der Waals surface area contributed by atoms with Crippen molar-refractivity contribution in [3.05, 3.63) is 34.9 Å². The number of nitrogens with one attached hydrogen (secondary N) is 1. The van der Waals surface area contributed by atoms with Crippen molar-refractivity contribution in [3.8, 4) is 0 Å².